The van der Waals surface area contributed by atoms with Crippen LogP contribution in [0.1, 0.15) is 5.69 Å². The van der Waals surface area contributed by atoms with E-state index in [-0.39, 0.29) is 5.39 Å². The van der Waals surface area contributed by atoms with E-state index in [0.29, 0.717) is 11.1 Å². The molecule has 0 aliphatic rings. The topological polar surface area (TPSA) is 25.8 Å². The predicted molar refractivity (Wildman–Crippen MR) is 102 cm³/mol. The van der Waals surface area contributed by atoms with Gasteiger partial charge in [-0.1, -0.05) is 0 Å². The Morgan fingerprint density at radius 1 is 0.704 bits per heavy atom. The van der Waals surface area contributed by atoms with Crippen molar-refractivity contribution in [1.82, 2.24) is 10.2 Å². The Morgan fingerprint density at radius 3 is 2.00 bits per heavy atom. The maximum atomic E-state index is 13.5. The molecule has 5 rings (SSSR count). The summed E-state index contributed by atoms with van der Waals surface area (Å²) < 4.78 is 42.9. The number of nitrogens with zero attached hydrogens (tertiary/aromatic N) is 2. The van der Waals surface area contributed by atoms with Crippen molar-refractivity contribution < 1.29 is 13.2 Å². The van der Waals surface area contributed by atoms with Crippen LogP contribution in [0.25, 0.3) is 39.6 Å². The van der Waals surface area contributed by atoms with Crippen LogP contribution in [0.3, 0.4) is 0 Å². The molecule has 2 aromatic heterocycles. The van der Waals surface area contributed by atoms with Crippen molar-refractivity contribution in [2.24, 2.45) is 0 Å². The summed E-state index contributed by atoms with van der Waals surface area (Å²) in [6, 6.07) is 20.9. The average Bonchev–Trinajstić information content (AvgIpc) is 3.08. The normalized spacial score (nSPS) is 12.3. The van der Waals surface area contributed by atoms with Crippen LogP contribution in [0.2, 0.25) is 0 Å². The van der Waals surface area contributed by atoms with Gasteiger partial charge in [-0.05, 0) is 0 Å². The van der Waals surface area contributed by atoms with Crippen LogP contribution in [0.15, 0.2) is 66.7 Å². The molecule has 2 nitrogen and oxygen atoms in total. The first-order valence-electron chi connectivity index (χ1n) is 8.26. The Kier molecular flexibility index (Phi) is 3.75. The summed E-state index contributed by atoms with van der Waals surface area (Å²) >= 11 is -0.709. The van der Waals surface area contributed by atoms with E-state index in [4.69, 9.17) is 0 Å². The zero-order chi connectivity index (χ0) is 18.6. The van der Waals surface area contributed by atoms with E-state index in [9.17, 15) is 13.2 Å². The first-order valence-corrected chi connectivity index (χ1v) is 10.6. The molecular formula is C21H11F3N2Te. The van der Waals surface area contributed by atoms with Crippen LogP contribution in [-0.4, -0.2) is 30.6 Å². The van der Waals surface area contributed by atoms with Crippen molar-refractivity contribution in [3.05, 3.63) is 72.4 Å². The van der Waals surface area contributed by atoms with Gasteiger partial charge in [0.2, 0.25) is 0 Å². The second kappa shape index (κ2) is 6.05. The van der Waals surface area contributed by atoms with Crippen LogP contribution in [-0.2, 0) is 6.18 Å². The second-order valence-electron chi connectivity index (χ2n) is 6.29. The number of benzene rings is 3. The summed E-state index contributed by atoms with van der Waals surface area (Å²) in [4.78, 5) is 0. The van der Waals surface area contributed by atoms with Crippen LogP contribution in [0.5, 0.6) is 0 Å². The van der Waals surface area contributed by atoms with E-state index in [2.05, 4.69) is 16.3 Å². The van der Waals surface area contributed by atoms with Gasteiger partial charge >= 0.3 is 162 Å². The van der Waals surface area contributed by atoms with Gasteiger partial charge in [-0.25, -0.2) is 0 Å². The van der Waals surface area contributed by atoms with Gasteiger partial charge < -0.3 is 0 Å². The monoisotopic (exact) mass is 478 g/mol. The molecule has 0 spiro atoms. The fourth-order valence-electron chi connectivity index (χ4n) is 3.33. The number of halogens is 3. The molecular weight excluding hydrogens is 465 g/mol. The molecule has 0 saturated carbocycles. The summed E-state index contributed by atoms with van der Waals surface area (Å²) in [7, 11) is 0. The van der Waals surface area contributed by atoms with E-state index >= 15 is 0 Å². The number of alkyl halides is 3. The van der Waals surface area contributed by atoms with Gasteiger partial charge in [0, 0.05) is 0 Å². The number of rotatable bonds is 1. The Hall–Kier alpha value is -2.42. The maximum absolute atomic E-state index is 13.5. The SMILES string of the molecule is FC(F)(F)c1nnc(-c2cc3ccccc3[te]2)c2cc3ccccc3cc12. The summed E-state index contributed by atoms with van der Waals surface area (Å²) in [5.74, 6) is 0. The van der Waals surface area contributed by atoms with Crippen LogP contribution < -0.4 is 0 Å². The van der Waals surface area contributed by atoms with Crippen LogP contribution in [0.4, 0.5) is 13.2 Å². The first kappa shape index (κ1) is 16.7. The molecule has 0 unspecified atom stereocenters. The van der Waals surface area contributed by atoms with Crippen molar-refractivity contribution in [3.8, 4) is 9.27 Å². The third kappa shape index (κ3) is 2.80. The molecule has 0 amide bonds. The van der Waals surface area contributed by atoms with Gasteiger partial charge in [0.25, 0.3) is 0 Å². The molecule has 0 aliphatic heterocycles. The first-order chi connectivity index (χ1) is 13.0. The predicted octanol–water partition coefficient (Wildman–Crippen LogP) is 5.68. The van der Waals surface area contributed by atoms with Crippen LogP contribution >= 0.6 is 0 Å². The molecule has 132 valence electrons. The van der Waals surface area contributed by atoms with Gasteiger partial charge in [-0.15, -0.1) is 0 Å². The Bertz CT molecular complexity index is 1290. The van der Waals surface area contributed by atoms with E-state index in [1.165, 1.54) is 3.40 Å². The molecule has 6 heteroatoms. The summed E-state index contributed by atoms with van der Waals surface area (Å²) in [5, 5.41) is 11.0. The van der Waals surface area contributed by atoms with E-state index < -0.39 is 32.3 Å². The molecule has 2 heterocycles. The zero-order valence-corrected chi connectivity index (χ0v) is 16.1. The van der Waals surface area contributed by atoms with E-state index in [0.717, 1.165) is 19.7 Å². The zero-order valence-electron chi connectivity index (χ0n) is 13.8. The molecule has 0 aliphatic carbocycles. The van der Waals surface area contributed by atoms with Crippen molar-refractivity contribution in [2.75, 3.05) is 0 Å². The molecule has 0 atom stereocenters. The average molecular weight is 476 g/mol. The van der Waals surface area contributed by atoms with Gasteiger partial charge in [-0.3, -0.25) is 0 Å². The van der Waals surface area contributed by atoms with E-state index in [1.807, 2.05) is 48.5 Å². The number of hydrogen-bond acceptors (Lipinski definition) is 2. The third-order valence-corrected chi connectivity index (χ3v) is 7.78. The minimum atomic E-state index is -4.55. The summed E-state index contributed by atoms with van der Waals surface area (Å²) in [5.41, 5.74) is -0.355. The summed E-state index contributed by atoms with van der Waals surface area (Å²) in [6.07, 6.45) is -4.55. The quantitative estimate of drug-likeness (QED) is 0.230. The van der Waals surface area contributed by atoms with Crippen molar-refractivity contribution in [3.63, 3.8) is 0 Å². The summed E-state index contributed by atoms with van der Waals surface area (Å²) in [6.45, 7) is 0. The molecule has 0 radical (unpaired) electrons. The van der Waals surface area contributed by atoms with Crippen molar-refractivity contribution in [2.45, 2.75) is 6.18 Å². The van der Waals surface area contributed by atoms with Gasteiger partial charge in [0.05, 0.1) is 0 Å². The molecule has 0 fully saturated rings. The molecule has 27 heavy (non-hydrogen) atoms. The Balaban J connectivity index is 1.88. The molecule has 0 N–H and O–H groups in total. The number of fused-ring (bicyclic) bond motifs is 3. The van der Waals surface area contributed by atoms with Crippen molar-refractivity contribution in [1.29, 1.82) is 0 Å². The van der Waals surface area contributed by atoms with Crippen LogP contribution in [0, 0.1) is 0 Å². The fourth-order valence-corrected chi connectivity index (χ4v) is 6.36. The number of hydrogen-bond donors (Lipinski definition) is 0. The fraction of sp³-hybridized carbons (Fsp3) is 0.0476. The third-order valence-electron chi connectivity index (χ3n) is 4.57. The molecule has 0 saturated heterocycles. The van der Waals surface area contributed by atoms with Gasteiger partial charge in [-0.2, -0.15) is 0 Å². The van der Waals surface area contributed by atoms with Gasteiger partial charge in [0.1, 0.15) is 0 Å². The molecule has 3 aromatic carbocycles. The number of aromatic nitrogens is 2. The Labute approximate surface area is 161 Å². The standard InChI is InChI=1S/C21H11F3N2Te/c22-21(23,24)20-16-10-13-6-2-1-5-12(13)9-15(16)19(25-26-20)18-11-14-7-3-4-8-17(14)27-18/h1-11H. The molecule has 0 bridgehead atoms. The van der Waals surface area contributed by atoms with E-state index in [1.54, 1.807) is 12.1 Å². The second-order valence-corrected chi connectivity index (χ2v) is 9.38. The van der Waals surface area contributed by atoms with Gasteiger partial charge in [0.15, 0.2) is 0 Å². The minimum absolute atomic E-state index is 0.107. The Morgan fingerprint density at radius 2 is 1.33 bits per heavy atom. The molecule has 5 aromatic rings. The van der Waals surface area contributed by atoms with Crippen molar-refractivity contribution >= 4 is 50.8 Å².